The van der Waals surface area contributed by atoms with Gasteiger partial charge in [-0.1, -0.05) is 45.0 Å². The van der Waals surface area contributed by atoms with Crippen molar-refractivity contribution in [2.24, 2.45) is 0 Å². The molecule has 146 valence electrons. The average Bonchev–Trinajstić information content (AvgIpc) is 3.14. The van der Waals surface area contributed by atoms with Crippen LogP contribution in [0.4, 0.5) is 0 Å². The Morgan fingerprint density at radius 1 is 1.22 bits per heavy atom. The maximum atomic E-state index is 12.4. The highest BCUT2D eigenvalue weighted by atomic mass is 16.2. The Morgan fingerprint density at radius 3 is 2.44 bits per heavy atom. The monoisotopic (exact) mass is 370 g/mol. The summed E-state index contributed by atoms with van der Waals surface area (Å²) in [5.74, 6) is -0.309. The number of nitrogens with one attached hydrogen (secondary N) is 1. The molecule has 0 saturated carbocycles. The second kappa shape index (κ2) is 8.84. The fraction of sp³-hybridized carbons (Fsp3) is 0.476. The van der Waals surface area contributed by atoms with Crippen molar-refractivity contribution in [3.63, 3.8) is 0 Å². The van der Waals surface area contributed by atoms with E-state index in [4.69, 9.17) is 0 Å². The van der Waals surface area contributed by atoms with Crippen molar-refractivity contribution < 1.29 is 9.59 Å². The van der Waals surface area contributed by atoms with Crippen LogP contribution in [-0.2, 0) is 21.4 Å². The second-order valence-electron chi connectivity index (χ2n) is 7.90. The number of hydrogen-bond donors (Lipinski definition) is 1. The summed E-state index contributed by atoms with van der Waals surface area (Å²) in [5, 5.41) is 6.95. The van der Waals surface area contributed by atoms with E-state index < -0.39 is 6.04 Å². The number of carbonyl (C=O) groups is 2. The lowest BCUT2D eigenvalue weighted by molar-refractivity contribution is -0.137. The number of carbonyl (C=O) groups excluding carboxylic acids is 2. The Kier molecular flexibility index (Phi) is 6.77. The highest BCUT2D eigenvalue weighted by Gasteiger charge is 2.21. The summed E-state index contributed by atoms with van der Waals surface area (Å²) in [6.07, 6.45) is 4.13. The number of nitrogens with zero attached hydrogens (tertiary/aromatic N) is 3. The molecule has 0 aliphatic carbocycles. The Hall–Kier alpha value is -2.63. The first-order valence-corrected chi connectivity index (χ1v) is 9.28. The molecule has 0 spiro atoms. The zero-order chi connectivity index (χ0) is 20.0. The lowest BCUT2D eigenvalue weighted by Crippen LogP contribution is -2.41. The molecular weight excluding hydrogens is 340 g/mol. The number of rotatable bonds is 7. The number of likely N-dealkylation sites (N-methyl/N-ethyl adjacent to an activating group) is 1. The summed E-state index contributed by atoms with van der Waals surface area (Å²) in [6, 6.07) is 9.83. The SMILES string of the molecule is CC(C(=O)N(C)CC(=O)NCCc1ccc(C(C)(C)C)cc1)n1cccn1. The second-order valence-corrected chi connectivity index (χ2v) is 7.90. The standard InChI is InChI=1S/C21H30N4O2/c1-16(25-14-6-12-23-25)20(27)24(5)15-19(26)22-13-11-17-7-9-18(10-8-17)21(2,3)4/h6-10,12,14,16H,11,13,15H2,1-5H3,(H,22,26). The fourth-order valence-electron chi connectivity index (χ4n) is 2.81. The van der Waals surface area contributed by atoms with Gasteiger partial charge in [-0.15, -0.1) is 0 Å². The summed E-state index contributed by atoms with van der Waals surface area (Å²) in [6.45, 7) is 8.91. The summed E-state index contributed by atoms with van der Waals surface area (Å²) < 4.78 is 1.58. The summed E-state index contributed by atoms with van der Waals surface area (Å²) >= 11 is 0. The van der Waals surface area contributed by atoms with Gasteiger partial charge in [-0.2, -0.15) is 5.10 Å². The number of aromatic nitrogens is 2. The minimum absolute atomic E-state index is 0.0351. The molecule has 0 aliphatic rings. The molecular formula is C21H30N4O2. The smallest absolute Gasteiger partial charge is 0.247 e. The summed E-state index contributed by atoms with van der Waals surface area (Å²) in [5.41, 5.74) is 2.61. The Morgan fingerprint density at radius 2 is 1.89 bits per heavy atom. The van der Waals surface area contributed by atoms with Crippen LogP contribution >= 0.6 is 0 Å². The quantitative estimate of drug-likeness (QED) is 0.814. The van der Waals surface area contributed by atoms with Gasteiger partial charge in [-0.05, 0) is 36.0 Å². The van der Waals surface area contributed by atoms with Gasteiger partial charge in [-0.3, -0.25) is 14.3 Å². The molecule has 1 N–H and O–H groups in total. The van der Waals surface area contributed by atoms with E-state index in [0.29, 0.717) is 6.54 Å². The average molecular weight is 370 g/mol. The van der Waals surface area contributed by atoms with Crippen molar-refractivity contribution in [3.8, 4) is 0 Å². The van der Waals surface area contributed by atoms with Gasteiger partial charge in [0.2, 0.25) is 11.8 Å². The molecule has 2 aromatic rings. The van der Waals surface area contributed by atoms with Gasteiger partial charge in [0, 0.05) is 26.0 Å². The van der Waals surface area contributed by atoms with Crippen LogP contribution in [-0.4, -0.2) is 46.6 Å². The minimum Gasteiger partial charge on any atom is -0.354 e. The van der Waals surface area contributed by atoms with Gasteiger partial charge in [0.15, 0.2) is 0 Å². The molecule has 1 atom stereocenters. The summed E-state index contributed by atoms with van der Waals surface area (Å²) in [4.78, 5) is 25.9. The Labute approximate surface area is 161 Å². The molecule has 0 aliphatic heterocycles. The molecule has 6 nitrogen and oxygen atoms in total. The number of hydrogen-bond acceptors (Lipinski definition) is 3. The van der Waals surface area contributed by atoms with E-state index in [1.807, 2.05) is 0 Å². The largest absolute Gasteiger partial charge is 0.354 e. The molecule has 27 heavy (non-hydrogen) atoms. The van der Waals surface area contributed by atoms with Crippen LogP contribution < -0.4 is 5.32 Å². The third kappa shape index (κ3) is 5.94. The van der Waals surface area contributed by atoms with E-state index in [0.717, 1.165) is 6.42 Å². The normalized spacial score (nSPS) is 12.5. The van der Waals surface area contributed by atoms with Crippen molar-refractivity contribution in [2.45, 2.75) is 45.6 Å². The molecule has 0 bridgehead atoms. The van der Waals surface area contributed by atoms with E-state index >= 15 is 0 Å². The van der Waals surface area contributed by atoms with Gasteiger partial charge in [0.25, 0.3) is 0 Å². The third-order valence-electron chi connectivity index (χ3n) is 4.59. The molecule has 0 saturated heterocycles. The van der Waals surface area contributed by atoms with Crippen LogP contribution in [0.25, 0.3) is 0 Å². The Balaban J connectivity index is 1.76. The van der Waals surface area contributed by atoms with Crippen LogP contribution in [0.2, 0.25) is 0 Å². The van der Waals surface area contributed by atoms with Crippen LogP contribution in [0.1, 0.15) is 44.9 Å². The molecule has 1 aromatic heterocycles. The van der Waals surface area contributed by atoms with Crippen molar-refractivity contribution in [1.82, 2.24) is 20.0 Å². The van der Waals surface area contributed by atoms with Gasteiger partial charge in [-0.25, -0.2) is 0 Å². The van der Waals surface area contributed by atoms with E-state index in [1.54, 1.807) is 37.1 Å². The van der Waals surface area contributed by atoms with Gasteiger partial charge in [0.05, 0.1) is 6.54 Å². The molecule has 0 radical (unpaired) electrons. The molecule has 1 aromatic carbocycles. The topological polar surface area (TPSA) is 67.2 Å². The lowest BCUT2D eigenvalue weighted by atomic mass is 9.86. The van der Waals surface area contributed by atoms with E-state index in [-0.39, 0.29) is 23.8 Å². The van der Waals surface area contributed by atoms with E-state index in [1.165, 1.54) is 16.0 Å². The minimum atomic E-state index is -0.431. The van der Waals surface area contributed by atoms with Crippen LogP contribution in [0.5, 0.6) is 0 Å². The van der Waals surface area contributed by atoms with Gasteiger partial charge >= 0.3 is 0 Å². The van der Waals surface area contributed by atoms with Crippen LogP contribution in [0, 0.1) is 0 Å². The third-order valence-corrected chi connectivity index (χ3v) is 4.59. The van der Waals surface area contributed by atoms with Crippen molar-refractivity contribution >= 4 is 11.8 Å². The predicted molar refractivity (Wildman–Crippen MR) is 106 cm³/mol. The zero-order valence-electron chi connectivity index (χ0n) is 16.9. The first-order valence-electron chi connectivity index (χ1n) is 9.28. The van der Waals surface area contributed by atoms with Gasteiger partial charge in [0.1, 0.15) is 6.04 Å². The maximum absolute atomic E-state index is 12.4. The predicted octanol–water partition coefficient (Wildman–Crippen LogP) is 2.56. The van der Waals surface area contributed by atoms with Gasteiger partial charge < -0.3 is 10.2 Å². The fourth-order valence-corrected chi connectivity index (χ4v) is 2.81. The first kappa shape index (κ1) is 20.7. The molecule has 1 unspecified atom stereocenters. The first-order chi connectivity index (χ1) is 12.7. The molecule has 1 heterocycles. The van der Waals surface area contributed by atoms with Crippen molar-refractivity contribution in [1.29, 1.82) is 0 Å². The number of amides is 2. The highest BCUT2D eigenvalue weighted by molar-refractivity contribution is 5.86. The zero-order valence-corrected chi connectivity index (χ0v) is 16.9. The van der Waals surface area contributed by atoms with E-state index in [9.17, 15) is 9.59 Å². The molecule has 0 fully saturated rings. The van der Waals surface area contributed by atoms with E-state index in [2.05, 4.69) is 55.5 Å². The molecule has 6 heteroatoms. The van der Waals surface area contributed by atoms with Crippen LogP contribution in [0.3, 0.4) is 0 Å². The molecule has 2 amide bonds. The molecule has 2 rings (SSSR count). The van der Waals surface area contributed by atoms with Crippen molar-refractivity contribution in [3.05, 3.63) is 53.9 Å². The maximum Gasteiger partial charge on any atom is 0.247 e. The van der Waals surface area contributed by atoms with Crippen LogP contribution in [0.15, 0.2) is 42.7 Å². The number of benzene rings is 1. The van der Waals surface area contributed by atoms with Crippen molar-refractivity contribution in [2.75, 3.05) is 20.1 Å². The summed E-state index contributed by atoms with van der Waals surface area (Å²) in [7, 11) is 1.63. The highest BCUT2D eigenvalue weighted by Crippen LogP contribution is 2.22. The lowest BCUT2D eigenvalue weighted by Gasteiger charge is -2.21. The Bertz CT molecular complexity index is 745.